The van der Waals surface area contributed by atoms with Gasteiger partial charge in [0.25, 0.3) is 5.91 Å². The van der Waals surface area contributed by atoms with Gasteiger partial charge < -0.3 is 10.5 Å². The molecular formula is C13H11N3O2. The van der Waals surface area contributed by atoms with E-state index in [2.05, 4.69) is 9.97 Å². The SMILES string of the molecule is NC(=O)[C@]1(c2ccccn2)O[C@H]1c1cccnc1. The van der Waals surface area contributed by atoms with Crippen LogP contribution in [-0.4, -0.2) is 15.9 Å². The van der Waals surface area contributed by atoms with E-state index < -0.39 is 17.6 Å². The van der Waals surface area contributed by atoms with Crippen LogP contribution in [0.5, 0.6) is 0 Å². The van der Waals surface area contributed by atoms with Gasteiger partial charge in [0, 0.05) is 24.2 Å². The Morgan fingerprint density at radius 2 is 2.17 bits per heavy atom. The second-order valence-electron chi connectivity index (χ2n) is 4.10. The Bertz CT molecular complexity index is 573. The number of primary amides is 1. The molecule has 0 aliphatic carbocycles. The van der Waals surface area contributed by atoms with Gasteiger partial charge in [0.1, 0.15) is 6.10 Å². The smallest absolute Gasteiger partial charge is 0.259 e. The third kappa shape index (κ3) is 1.48. The summed E-state index contributed by atoms with van der Waals surface area (Å²) in [6.07, 6.45) is 4.54. The summed E-state index contributed by atoms with van der Waals surface area (Å²) in [5.41, 5.74) is 5.67. The van der Waals surface area contributed by atoms with Crippen LogP contribution < -0.4 is 5.73 Å². The van der Waals surface area contributed by atoms with Crippen molar-refractivity contribution in [3.8, 4) is 0 Å². The average Bonchev–Trinajstić information content (AvgIpc) is 3.18. The van der Waals surface area contributed by atoms with Crippen molar-refractivity contribution in [2.24, 2.45) is 5.73 Å². The average molecular weight is 241 g/mol. The zero-order valence-corrected chi connectivity index (χ0v) is 9.48. The highest BCUT2D eigenvalue weighted by Crippen LogP contribution is 2.55. The van der Waals surface area contributed by atoms with Gasteiger partial charge in [0.15, 0.2) is 0 Å². The highest BCUT2D eigenvalue weighted by atomic mass is 16.6. The van der Waals surface area contributed by atoms with E-state index in [1.54, 1.807) is 42.9 Å². The Morgan fingerprint density at radius 1 is 1.28 bits per heavy atom. The molecule has 2 N–H and O–H groups in total. The Hall–Kier alpha value is -2.27. The van der Waals surface area contributed by atoms with Crippen molar-refractivity contribution in [3.63, 3.8) is 0 Å². The zero-order chi connectivity index (χ0) is 12.6. The number of nitrogens with zero attached hydrogens (tertiary/aromatic N) is 2. The predicted octanol–water partition coefficient (Wildman–Crippen LogP) is 0.929. The summed E-state index contributed by atoms with van der Waals surface area (Å²) in [6, 6.07) is 8.96. The number of hydrogen-bond acceptors (Lipinski definition) is 4. The maximum absolute atomic E-state index is 11.7. The molecule has 1 fully saturated rings. The summed E-state index contributed by atoms with van der Waals surface area (Å²) >= 11 is 0. The lowest BCUT2D eigenvalue weighted by Crippen LogP contribution is -2.31. The number of epoxide rings is 1. The van der Waals surface area contributed by atoms with E-state index in [9.17, 15) is 4.79 Å². The lowest BCUT2D eigenvalue weighted by atomic mass is 9.96. The van der Waals surface area contributed by atoms with Crippen LogP contribution in [0.2, 0.25) is 0 Å². The summed E-state index contributed by atoms with van der Waals surface area (Å²) < 4.78 is 5.56. The van der Waals surface area contributed by atoms with E-state index >= 15 is 0 Å². The molecule has 1 saturated heterocycles. The first-order valence-corrected chi connectivity index (χ1v) is 5.54. The molecule has 5 nitrogen and oxygen atoms in total. The number of rotatable bonds is 3. The Morgan fingerprint density at radius 3 is 2.78 bits per heavy atom. The van der Waals surface area contributed by atoms with E-state index in [4.69, 9.17) is 10.5 Å². The largest absolute Gasteiger partial charge is 0.367 e. The van der Waals surface area contributed by atoms with Gasteiger partial charge >= 0.3 is 0 Å². The summed E-state index contributed by atoms with van der Waals surface area (Å²) in [6.45, 7) is 0. The van der Waals surface area contributed by atoms with Gasteiger partial charge in [0.2, 0.25) is 5.60 Å². The van der Waals surface area contributed by atoms with Crippen molar-refractivity contribution in [3.05, 3.63) is 60.2 Å². The molecular weight excluding hydrogens is 230 g/mol. The number of pyridine rings is 2. The first-order valence-electron chi connectivity index (χ1n) is 5.54. The molecule has 1 aliphatic heterocycles. The number of nitrogens with two attached hydrogens (primary N) is 1. The lowest BCUT2D eigenvalue weighted by Gasteiger charge is -2.07. The third-order valence-electron chi connectivity index (χ3n) is 3.01. The van der Waals surface area contributed by atoms with Crippen molar-refractivity contribution in [1.29, 1.82) is 0 Å². The molecule has 0 unspecified atom stereocenters. The zero-order valence-electron chi connectivity index (χ0n) is 9.48. The highest BCUT2D eigenvalue weighted by molar-refractivity contribution is 5.88. The van der Waals surface area contributed by atoms with Gasteiger partial charge in [-0.1, -0.05) is 12.1 Å². The highest BCUT2D eigenvalue weighted by Gasteiger charge is 2.64. The number of carbonyl (C=O) groups excluding carboxylic acids is 1. The summed E-state index contributed by atoms with van der Waals surface area (Å²) in [4.78, 5) is 19.9. The Labute approximate surface area is 104 Å². The number of carbonyl (C=O) groups is 1. The first kappa shape index (κ1) is 10.9. The maximum atomic E-state index is 11.7. The van der Waals surface area contributed by atoms with Gasteiger partial charge in [0.05, 0.1) is 5.69 Å². The van der Waals surface area contributed by atoms with E-state index in [-0.39, 0.29) is 0 Å². The van der Waals surface area contributed by atoms with Gasteiger partial charge in [-0.2, -0.15) is 0 Å². The van der Waals surface area contributed by atoms with Crippen molar-refractivity contribution in [1.82, 2.24) is 9.97 Å². The molecule has 0 bridgehead atoms. The van der Waals surface area contributed by atoms with E-state index in [0.717, 1.165) is 5.56 Å². The number of ether oxygens (including phenoxy) is 1. The first-order chi connectivity index (χ1) is 8.75. The van der Waals surface area contributed by atoms with Gasteiger partial charge in [-0.05, 0) is 18.2 Å². The molecule has 3 heterocycles. The minimum Gasteiger partial charge on any atom is -0.367 e. The Kier molecular flexibility index (Phi) is 2.34. The number of aromatic nitrogens is 2. The van der Waals surface area contributed by atoms with Crippen LogP contribution in [0.25, 0.3) is 0 Å². The van der Waals surface area contributed by atoms with Crippen molar-refractivity contribution in [2.75, 3.05) is 0 Å². The summed E-state index contributed by atoms with van der Waals surface area (Å²) in [5.74, 6) is -0.532. The molecule has 18 heavy (non-hydrogen) atoms. The molecule has 90 valence electrons. The van der Waals surface area contributed by atoms with Crippen LogP contribution in [-0.2, 0) is 15.1 Å². The molecule has 3 rings (SSSR count). The standard InChI is InChI=1S/C13H11N3O2/c14-12(17)13(10-5-1-2-7-16-10)11(18-13)9-4-3-6-15-8-9/h1-8,11H,(H2,14,17)/t11-,13+/m0/s1. The fourth-order valence-corrected chi connectivity index (χ4v) is 2.08. The second-order valence-corrected chi connectivity index (χ2v) is 4.10. The van der Waals surface area contributed by atoms with Crippen molar-refractivity contribution < 1.29 is 9.53 Å². The molecule has 2 atom stereocenters. The molecule has 1 amide bonds. The van der Waals surface area contributed by atoms with Crippen LogP contribution in [0.1, 0.15) is 17.4 Å². The molecule has 0 aromatic carbocycles. The number of hydrogen-bond donors (Lipinski definition) is 1. The van der Waals surface area contributed by atoms with Gasteiger partial charge in [-0.3, -0.25) is 14.8 Å². The third-order valence-corrected chi connectivity index (χ3v) is 3.01. The lowest BCUT2D eigenvalue weighted by molar-refractivity contribution is -0.123. The van der Waals surface area contributed by atoms with Crippen molar-refractivity contribution >= 4 is 5.91 Å². The van der Waals surface area contributed by atoms with E-state index in [0.29, 0.717) is 5.69 Å². The van der Waals surface area contributed by atoms with E-state index in [1.807, 2.05) is 6.07 Å². The second kappa shape index (κ2) is 3.89. The minimum absolute atomic E-state index is 0.404. The fraction of sp³-hybridized carbons (Fsp3) is 0.154. The quantitative estimate of drug-likeness (QED) is 0.810. The Balaban J connectivity index is 2.01. The molecule has 0 spiro atoms. The molecule has 5 heteroatoms. The van der Waals surface area contributed by atoms with Crippen LogP contribution in [0.3, 0.4) is 0 Å². The molecule has 1 aliphatic rings. The summed E-state index contributed by atoms with van der Waals surface area (Å²) in [5, 5.41) is 0. The molecule has 2 aromatic heterocycles. The van der Waals surface area contributed by atoms with Crippen LogP contribution in [0, 0.1) is 0 Å². The summed E-state index contributed by atoms with van der Waals surface area (Å²) in [7, 11) is 0. The van der Waals surface area contributed by atoms with E-state index in [1.165, 1.54) is 0 Å². The predicted molar refractivity (Wildman–Crippen MR) is 63.2 cm³/mol. The normalized spacial score (nSPS) is 25.7. The van der Waals surface area contributed by atoms with Gasteiger partial charge in [-0.25, -0.2) is 0 Å². The monoisotopic (exact) mass is 241 g/mol. The fourth-order valence-electron chi connectivity index (χ4n) is 2.08. The van der Waals surface area contributed by atoms with Crippen LogP contribution in [0.4, 0.5) is 0 Å². The van der Waals surface area contributed by atoms with Crippen LogP contribution >= 0.6 is 0 Å². The number of amides is 1. The van der Waals surface area contributed by atoms with Crippen LogP contribution in [0.15, 0.2) is 48.9 Å². The molecule has 0 radical (unpaired) electrons. The van der Waals surface area contributed by atoms with Gasteiger partial charge in [-0.15, -0.1) is 0 Å². The maximum Gasteiger partial charge on any atom is 0.259 e. The molecule has 0 saturated carbocycles. The molecule has 2 aromatic rings. The minimum atomic E-state index is -1.15. The topological polar surface area (TPSA) is 81.4 Å². The van der Waals surface area contributed by atoms with Crippen molar-refractivity contribution in [2.45, 2.75) is 11.7 Å².